The van der Waals surface area contributed by atoms with E-state index in [4.69, 9.17) is 0 Å². The van der Waals surface area contributed by atoms with Crippen molar-refractivity contribution in [1.29, 1.82) is 0 Å². The molecule has 2 heterocycles. The number of rotatable bonds is 2. The molecular weight excluding hydrogens is 232 g/mol. The Kier molecular flexibility index (Phi) is 2.59. The van der Waals surface area contributed by atoms with E-state index in [9.17, 15) is 4.79 Å². The van der Waals surface area contributed by atoms with E-state index in [1.807, 2.05) is 25.4 Å². The Balaban J connectivity index is 1.91. The first-order chi connectivity index (χ1) is 8.24. The molecule has 0 aromatic carbocycles. The number of carbonyl (C=O) groups excluding carboxylic acids is 1. The van der Waals surface area contributed by atoms with Gasteiger partial charge >= 0.3 is 0 Å². The molecule has 2 aromatic heterocycles. The van der Waals surface area contributed by atoms with E-state index in [1.165, 1.54) is 10.6 Å². The van der Waals surface area contributed by atoms with Gasteiger partial charge in [0.1, 0.15) is 0 Å². The third kappa shape index (κ3) is 1.93. The molecule has 17 heavy (non-hydrogen) atoms. The number of fused-ring (bicyclic) bond motifs is 1. The Hall–Kier alpha value is -1.42. The zero-order valence-corrected chi connectivity index (χ0v) is 10.6. The first kappa shape index (κ1) is 10.7. The summed E-state index contributed by atoms with van der Waals surface area (Å²) in [5.74, 6) is 0.297. The van der Waals surface area contributed by atoms with Crippen LogP contribution in [0, 0.1) is 6.92 Å². The van der Waals surface area contributed by atoms with Crippen molar-refractivity contribution in [3.63, 3.8) is 0 Å². The van der Waals surface area contributed by atoms with Crippen LogP contribution in [0.2, 0.25) is 0 Å². The number of hydrogen-bond donors (Lipinski definition) is 0. The molecular formula is C13H14N2OS. The van der Waals surface area contributed by atoms with Crippen LogP contribution in [-0.2, 0) is 13.0 Å². The van der Waals surface area contributed by atoms with Gasteiger partial charge in [-0.2, -0.15) is 0 Å². The summed E-state index contributed by atoms with van der Waals surface area (Å²) in [4.78, 5) is 17.2. The Morgan fingerprint density at radius 1 is 1.47 bits per heavy atom. The van der Waals surface area contributed by atoms with Gasteiger partial charge in [0.2, 0.25) is 0 Å². The maximum atomic E-state index is 11.7. The van der Waals surface area contributed by atoms with Crippen molar-refractivity contribution < 1.29 is 4.79 Å². The molecule has 0 amide bonds. The van der Waals surface area contributed by atoms with E-state index in [0.29, 0.717) is 12.2 Å². The van der Waals surface area contributed by atoms with Crippen LogP contribution in [0.5, 0.6) is 0 Å². The lowest BCUT2D eigenvalue weighted by molar-refractivity contribution is 0.0972. The number of aromatic nitrogens is 2. The largest absolute Gasteiger partial charge is 0.345 e. The predicted octanol–water partition coefficient (Wildman–Crippen LogP) is 2.82. The first-order valence-electron chi connectivity index (χ1n) is 5.86. The number of nitrogens with zero attached hydrogens (tertiary/aromatic N) is 2. The van der Waals surface area contributed by atoms with Gasteiger partial charge in [-0.3, -0.25) is 4.79 Å². The average molecular weight is 246 g/mol. The van der Waals surface area contributed by atoms with E-state index in [-0.39, 0.29) is 0 Å². The van der Waals surface area contributed by atoms with E-state index < -0.39 is 0 Å². The molecule has 3 nitrogen and oxygen atoms in total. The van der Waals surface area contributed by atoms with E-state index in [0.717, 1.165) is 30.0 Å². The first-order valence-corrected chi connectivity index (χ1v) is 6.68. The van der Waals surface area contributed by atoms with Crippen molar-refractivity contribution in [3.05, 3.63) is 39.6 Å². The summed E-state index contributed by atoms with van der Waals surface area (Å²) in [6, 6.07) is 1.96. The predicted molar refractivity (Wildman–Crippen MR) is 67.7 cm³/mol. The number of thiazole rings is 1. The molecule has 1 aliphatic carbocycles. The highest BCUT2D eigenvalue weighted by atomic mass is 32.1. The molecule has 2 aromatic rings. The molecule has 0 saturated carbocycles. The van der Waals surface area contributed by atoms with E-state index >= 15 is 0 Å². The normalized spacial score (nSPS) is 15.0. The second-order valence-electron chi connectivity index (χ2n) is 4.43. The van der Waals surface area contributed by atoms with Crippen LogP contribution in [0.4, 0.5) is 0 Å². The molecule has 0 spiro atoms. The minimum Gasteiger partial charge on any atom is -0.345 e. The molecule has 0 unspecified atom stereocenters. The molecule has 0 bridgehead atoms. The van der Waals surface area contributed by atoms with Gasteiger partial charge in [-0.1, -0.05) is 0 Å². The standard InChI is InChI=1S/C13H14N2OS/c1-9-14-7-10(17-9)8-15-6-5-11-12(15)3-2-4-13(11)16/h5-7H,2-4,8H2,1H3. The van der Waals surface area contributed by atoms with Crippen molar-refractivity contribution in [2.45, 2.75) is 32.7 Å². The topological polar surface area (TPSA) is 34.9 Å². The lowest BCUT2D eigenvalue weighted by atomic mass is 9.97. The van der Waals surface area contributed by atoms with Crippen LogP contribution in [-0.4, -0.2) is 15.3 Å². The van der Waals surface area contributed by atoms with E-state index in [2.05, 4.69) is 9.55 Å². The fourth-order valence-electron chi connectivity index (χ4n) is 2.38. The lowest BCUT2D eigenvalue weighted by Crippen LogP contribution is -2.13. The molecule has 1 aliphatic rings. The highest BCUT2D eigenvalue weighted by molar-refractivity contribution is 7.11. The van der Waals surface area contributed by atoms with Crippen molar-refractivity contribution >= 4 is 17.1 Å². The van der Waals surface area contributed by atoms with E-state index in [1.54, 1.807) is 11.3 Å². The molecule has 4 heteroatoms. The molecule has 88 valence electrons. The van der Waals surface area contributed by atoms with Gasteiger partial charge in [0.25, 0.3) is 0 Å². The Morgan fingerprint density at radius 3 is 3.12 bits per heavy atom. The van der Waals surface area contributed by atoms with Crippen molar-refractivity contribution in [2.75, 3.05) is 0 Å². The van der Waals surface area contributed by atoms with Gasteiger partial charge in [0, 0.05) is 34.9 Å². The van der Waals surface area contributed by atoms with Crippen LogP contribution in [0.1, 0.15) is 38.8 Å². The number of hydrogen-bond acceptors (Lipinski definition) is 3. The summed E-state index contributed by atoms with van der Waals surface area (Å²) in [5, 5.41) is 1.09. The number of Topliss-reactive ketones (excluding diaryl/α,β-unsaturated/α-hetero) is 1. The molecule has 0 atom stereocenters. The van der Waals surface area contributed by atoms with Gasteiger partial charge < -0.3 is 4.57 Å². The fourth-order valence-corrected chi connectivity index (χ4v) is 3.18. The minimum absolute atomic E-state index is 0.297. The summed E-state index contributed by atoms with van der Waals surface area (Å²) in [6.45, 7) is 2.86. The maximum absolute atomic E-state index is 11.7. The molecule has 0 radical (unpaired) electrons. The minimum atomic E-state index is 0.297. The SMILES string of the molecule is Cc1ncc(Cn2ccc3c2CCCC3=O)s1. The van der Waals surface area contributed by atoms with Crippen molar-refractivity contribution in [3.8, 4) is 0 Å². The monoisotopic (exact) mass is 246 g/mol. The number of carbonyl (C=O) groups is 1. The quantitative estimate of drug-likeness (QED) is 0.816. The number of aryl methyl sites for hydroxylation is 1. The van der Waals surface area contributed by atoms with Gasteiger partial charge in [0.05, 0.1) is 11.6 Å². The summed E-state index contributed by atoms with van der Waals surface area (Å²) < 4.78 is 2.19. The second kappa shape index (κ2) is 4.11. The van der Waals surface area contributed by atoms with Crippen molar-refractivity contribution in [2.24, 2.45) is 0 Å². The molecule has 0 N–H and O–H groups in total. The Morgan fingerprint density at radius 2 is 2.35 bits per heavy atom. The fraction of sp³-hybridized carbons (Fsp3) is 0.385. The number of ketones is 1. The summed E-state index contributed by atoms with van der Waals surface area (Å²) in [5.41, 5.74) is 2.13. The summed E-state index contributed by atoms with van der Waals surface area (Å²) >= 11 is 1.72. The third-order valence-corrected chi connectivity index (χ3v) is 4.09. The summed E-state index contributed by atoms with van der Waals surface area (Å²) in [6.07, 6.45) is 6.67. The van der Waals surface area contributed by atoms with Gasteiger partial charge in [-0.15, -0.1) is 11.3 Å². The zero-order chi connectivity index (χ0) is 11.8. The molecule has 0 fully saturated rings. The molecule has 0 saturated heterocycles. The van der Waals surface area contributed by atoms with Crippen LogP contribution < -0.4 is 0 Å². The summed E-state index contributed by atoms with van der Waals surface area (Å²) in [7, 11) is 0. The Labute approximate surface area is 104 Å². The van der Waals surface area contributed by atoms with Gasteiger partial charge in [-0.05, 0) is 25.8 Å². The molecule has 3 rings (SSSR count). The van der Waals surface area contributed by atoms with Crippen LogP contribution >= 0.6 is 11.3 Å². The highest BCUT2D eigenvalue weighted by Gasteiger charge is 2.20. The lowest BCUT2D eigenvalue weighted by Gasteiger charge is -2.14. The Bertz CT molecular complexity index is 568. The van der Waals surface area contributed by atoms with Crippen LogP contribution in [0.3, 0.4) is 0 Å². The second-order valence-corrected chi connectivity index (χ2v) is 5.75. The smallest absolute Gasteiger partial charge is 0.164 e. The average Bonchev–Trinajstić information content (AvgIpc) is 2.88. The maximum Gasteiger partial charge on any atom is 0.164 e. The van der Waals surface area contributed by atoms with Gasteiger partial charge in [0.15, 0.2) is 5.78 Å². The van der Waals surface area contributed by atoms with Gasteiger partial charge in [-0.25, -0.2) is 4.98 Å². The van der Waals surface area contributed by atoms with Crippen LogP contribution in [0.25, 0.3) is 0 Å². The highest BCUT2D eigenvalue weighted by Crippen LogP contribution is 2.24. The van der Waals surface area contributed by atoms with Crippen LogP contribution in [0.15, 0.2) is 18.5 Å². The third-order valence-electron chi connectivity index (χ3n) is 3.19. The zero-order valence-electron chi connectivity index (χ0n) is 9.77. The molecule has 0 aliphatic heterocycles. The van der Waals surface area contributed by atoms with Crippen molar-refractivity contribution in [1.82, 2.24) is 9.55 Å².